The number of carbonyl (C=O) groups is 1. The summed E-state index contributed by atoms with van der Waals surface area (Å²) in [5, 5.41) is 18.2. The molecule has 26 heavy (non-hydrogen) atoms. The fourth-order valence-corrected chi connectivity index (χ4v) is 2.79. The minimum Gasteiger partial charge on any atom is -0.497 e. The normalized spacial score (nSPS) is 10.8. The molecule has 7 heteroatoms. The van der Waals surface area contributed by atoms with Gasteiger partial charge in [0.1, 0.15) is 5.75 Å². The van der Waals surface area contributed by atoms with E-state index in [4.69, 9.17) is 19.3 Å². The lowest BCUT2D eigenvalue weighted by Crippen LogP contribution is -2.10. The van der Waals surface area contributed by atoms with Crippen molar-refractivity contribution in [3.8, 4) is 23.3 Å². The maximum Gasteiger partial charge on any atom is 0.341 e. The highest BCUT2D eigenvalue weighted by Crippen LogP contribution is 2.37. The van der Waals surface area contributed by atoms with Crippen LogP contribution >= 0.6 is 15.9 Å². The number of carboxylic acids is 1. The number of ether oxygens (including phenoxy) is 3. The first-order chi connectivity index (χ1) is 12.5. The highest BCUT2D eigenvalue weighted by molar-refractivity contribution is 9.10. The number of hydrogen-bond donors (Lipinski definition) is 1. The van der Waals surface area contributed by atoms with Crippen molar-refractivity contribution in [1.29, 1.82) is 5.26 Å². The summed E-state index contributed by atoms with van der Waals surface area (Å²) in [7, 11) is 3.03. The highest BCUT2D eigenvalue weighted by Gasteiger charge is 2.13. The van der Waals surface area contributed by atoms with Crippen LogP contribution in [0, 0.1) is 11.3 Å². The zero-order valence-corrected chi connectivity index (χ0v) is 15.7. The van der Waals surface area contributed by atoms with E-state index in [0.717, 1.165) is 5.56 Å². The van der Waals surface area contributed by atoms with Crippen LogP contribution in [-0.2, 0) is 4.79 Å². The van der Waals surface area contributed by atoms with Gasteiger partial charge in [-0.25, -0.2) is 4.79 Å². The zero-order chi connectivity index (χ0) is 19.1. The Kier molecular flexibility index (Phi) is 6.64. The van der Waals surface area contributed by atoms with Crippen LogP contribution in [0.15, 0.2) is 40.9 Å². The number of benzene rings is 2. The Hall–Kier alpha value is -2.98. The Morgan fingerprint density at radius 3 is 2.46 bits per heavy atom. The molecule has 0 amide bonds. The predicted octanol–water partition coefficient (Wildman–Crippen LogP) is 3.99. The van der Waals surface area contributed by atoms with Crippen molar-refractivity contribution < 1.29 is 24.1 Å². The Labute approximate surface area is 159 Å². The van der Waals surface area contributed by atoms with E-state index in [2.05, 4.69) is 22.0 Å². The van der Waals surface area contributed by atoms with Gasteiger partial charge in [0.15, 0.2) is 18.1 Å². The van der Waals surface area contributed by atoms with Crippen LogP contribution < -0.4 is 14.2 Å². The van der Waals surface area contributed by atoms with Crippen molar-refractivity contribution in [2.24, 2.45) is 0 Å². The van der Waals surface area contributed by atoms with Crippen LogP contribution in [0.5, 0.6) is 17.2 Å². The molecular weight excluding hydrogens is 402 g/mol. The SMILES string of the molecule is COc1ccc(/C(C#N)=C/c2cc(Br)c(OCC(=O)O)c(OC)c2)cc1. The third-order valence-corrected chi connectivity index (χ3v) is 4.01. The summed E-state index contributed by atoms with van der Waals surface area (Å²) < 4.78 is 16.2. The van der Waals surface area contributed by atoms with Gasteiger partial charge in [0.2, 0.25) is 0 Å². The van der Waals surface area contributed by atoms with Gasteiger partial charge in [-0.1, -0.05) is 0 Å². The predicted molar refractivity (Wildman–Crippen MR) is 100 cm³/mol. The third-order valence-electron chi connectivity index (χ3n) is 3.42. The number of halogens is 1. The van der Waals surface area contributed by atoms with Gasteiger partial charge in [-0.3, -0.25) is 0 Å². The highest BCUT2D eigenvalue weighted by atomic mass is 79.9. The summed E-state index contributed by atoms with van der Waals surface area (Å²) in [5.41, 5.74) is 1.90. The molecule has 0 aliphatic carbocycles. The molecule has 0 bridgehead atoms. The molecule has 0 heterocycles. The molecule has 0 aliphatic heterocycles. The summed E-state index contributed by atoms with van der Waals surface area (Å²) in [4.78, 5) is 10.7. The quantitative estimate of drug-likeness (QED) is 0.540. The Morgan fingerprint density at radius 2 is 1.92 bits per heavy atom. The Bertz CT molecular complexity index is 869. The van der Waals surface area contributed by atoms with Crippen molar-refractivity contribution in [3.63, 3.8) is 0 Å². The van der Waals surface area contributed by atoms with Crippen molar-refractivity contribution in [2.45, 2.75) is 0 Å². The first-order valence-electron chi connectivity index (χ1n) is 7.46. The Balaban J connectivity index is 2.39. The maximum atomic E-state index is 10.7. The van der Waals surface area contributed by atoms with Gasteiger partial charge in [0, 0.05) is 0 Å². The van der Waals surface area contributed by atoms with Gasteiger partial charge in [-0.05, 0) is 69.5 Å². The number of aliphatic carboxylic acids is 1. The van der Waals surface area contributed by atoms with Crippen molar-refractivity contribution in [3.05, 3.63) is 52.0 Å². The molecular formula is C19H16BrNO5. The van der Waals surface area contributed by atoms with Gasteiger partial charge in [-0.15, -0.1) is 0 Å². The number of allylic oxidation sites excluding steroid dienone is 1. The summed E-state index contributed by atoms with van der Waals surface area (Å²) in [6, 6.07) is 12.7. The van der Waals surface area contributed by atoms with Crippen LogP contribution in [0.2, 0.25) is 0 Å². The molecule has 0 spiro atoms. The fraction of sp³-hybridized carbons (Fsp3) is 0.158. The van der Waals surface area contributed by atoms with E-state index in [1.807, 2.05) is 0 Å². The minimum atomic E-state index is -1.09. The lowest BCUT2D eigenvalue weighted by Gasteiger charge is -2.12. The summed E-state index contributed by atoms with van der Waals surface area (Å²) >= 11 is 3.35. The molecule has 2 aromatic carbocycles. The number of hydrogen-bond acceptors (Lipinski definition) is 5. The largest absolute Gasteiger partial charge is 0.497 e. The molecule has 0 unspecified atom stereocenters. The van der Waals surface area contributed by atoms with Crippen LogP contribution in [0.3, 0.4) is 0 Å². The molecule has 0 fully saturated rings. The van der Waals surface area contributed by atoms with E-state index in [1.165, 1.54) is 7.11 Å². The molecule has 0 aliphatic rings. The van der Waals surface area contributed by atoms with E-state index in [0.29, 0.717) is 27.1 Å². The summed E-state index contributed by atoms with van der Waals surface area (Å²) in [5.74, 6) is 0.262. The second kappa shape index (κ2) is 8.92. The van der Waals surface area contributed by atoms with E-state index < -0.39 is 12.6 Å². The first-order valence-corrected chi connectivity index (χ1v) is 8.26. The number of carboxylic acid groups (broad SMARTS) is 1. The van der Waals surface area contributed by atoms with E-state index in [1.54, 1.807) is 49.6 Å². The molecule has 134 valence electrons. The average Bonchev–Trinajstić information content (AvgIpc) is 2.64. The van der Waals surface area contributed by atoms with Crippen molar-refractivity contribution in [2.75, 3.05) is 20.8 Å². The van der Waals surface area contributed by atoms with Crippen molar-refractivity contribution in [1.82, 2.24) is 0 Å². The smallest absolute Gasteiger partial charge is 0.341 e. The number of nitrogens with zero attached hydrogens (tertiary/aromatic N) is 1. The van der Waals surface area contributed by atoms with Gasteiger partial charge in [0.05, 0.1) is 30.3 Å². The second-order valence-electron chi connectivity index (χ2n) is 5.11. The van der Waals surface area contributed by atoms with Gasteiger partial charge in [0.25, 0.3) is 0 Å². The molecule has 0 radical (unpaired) electrons. The number of nitriles is 1. The molecule has 0 saturated carbocycles. The van der Waals surface area contributed by atoms with Crippen LogP contribution in [-0.4, -0.2) is 31.9 Å². The zero-order valence-electron chi connectivity index (χ0n) is 14.2. The third kappa shape index (κ3) is 4.77. The first kappa shape index (κ1) is 19.3. The lowest BCUT2D eigenvalue weighted by atomic mass is 10.0. The number of rotatable bonds is 7. The lowest BCUT2D eigenvalue weighted by molar-refractivity contribution is -0.139. The minimum absolute atomic E-state index is 0.287. The van der Waals surface area contributed by atoms with Crippen LogP contribution in [0.1, 0.15) is 11.1 Å². The molecule has 6 nitrogen and oxygen atoms in total. The molecule has 2 aromatic rings. The summed E-state index contributed by atoms with van der Waals surface area (Å²) in [6.07, 6.45) is 1.70. The Morgan fingerprint density at radius 1 is 1.23 bits per heavy atom. The molecule has 1 N–H and O–H groups in total. The topological polar surface area (TPSA) is 88.8 Å². The molecule has 0 saturated heterocycles. The van der Waals surface area contributed by atoms with Gasteiger partial charge in [-0.2, -0.15) is 5.26 Å². The molecule has 0 atom stereocenters. The standard InChI is InChI=1S/C19H16BrNO5/c1-24-15-5-3-13(4-6-15)14(10-21)7-12-8-16(20)19(17(9-12)25-2)26-11-18(22)23/h3-9H,11H2,1-2H3,(H,22,23)/b14-7+. The monoisotopic (exact) mass is 417 g/mol. The average molecular weight is 418 g/mol. The van der Waals surface area contributed by atoms with Gasteiger partial charge >= 0.3 is 5.97 Å². The number of methoxy groups -OCH3 is 2. The van der Waals surface area contributed by atoms with Gasteiger partial charge < -0.3 is 19.3 Å². The van der Waals surface area contributed by atoms with Crippen molar-refractivity contribution >= 4 is 33.5 Å². The van der Waals surface area contributed by atoms with E-state index in [-0.39, 0.29) is 5.75 Å². The maximum absolute atomic E-state index is 10.7. The fourth-order valence-electron chi connectivity index (χ4n) is 2.21. The second-order valence-corrected chi connectivity index (χ2v) is 5.97. The molecule has 2 rings (SSSR count). The van der Waals surface area contributed by atoms with Crippen LogP contribution in [0.25, 0.3) is 11.6 Å². The summed E-state index contributed by atoms with van der Waals surface area (Å²) in [6.45, 7) is -0.487. The van der Waals surface area contributed by atoms with Crippen LogP contribution in [0.4, 0.5) is 0 Å². The van der Waals surface area contributed by atoms with E-state index >= 15 is 0 Å². The molecule has 0 aromatic heterocycles. The van der Waals surface area contributed by atoms with E-state index in [9.17, 15) is 10.1 Å².